The molecule has 0 fully saturated rings. The molecule has 94 valence electrons. The Balaban J connectivity index is 2.26. The molecule has 6 nitrogen and oxygen atoms in total. The van der Waals surface area contributed by atoms with Gasteiger partial charge in [0.15, 0.2) is 5.82 Å². The van der Waals surface area contributed by atoms with E-state index in [-0.39, 0.29) is 5.69 Å². The molecule has 0 aliphatic heterocycles. The number of hydrogen-bond acceptors (Lipinski definition) is 6. The van der Waals surface area contributed by atoms with E-state index in [0.29, 0.717) is 18.1 Å². The quantitative estimate of drug-likeness (QED) is 0.852. The lowest BCUT2D eigenvalue weighted by Crippen LogP contribution is -2.22. The van der Waals surface area contributed by atoms with Crippen LogP contribution in [0.15, 0.2) is 23.0 Å². The van der Waals surface area contributed by atoms with Gasteiger partial charge in [0.1, 0.15) is 5.69 Å². The van der Waals surface area contributed by atoms with Crippen molar-refractivity contribution >= 4 is 28.7 Å². The molecular formula is C11H13N5OS. The molecule has 4 N–H and O–H groups in total. The normalized spacial score (nSPS) is 10.3. The predicted molar refractivity (Wildman–Crippen MR) is 71.4 cm³/mol. The number of hydrogen-bond donors (Lipinski definition) is 2. The Bertz CT molecular complexity index is 555. The second-order valence-electron chi connectivity index (χ2n) is 3.81. The molecule has 0 aliphatic carbocycles. The number of primary amides is 1. The van der Waals surface area contributed by atoms with Crippen molar-refractivity contribution in [2.24, 2.45) is 5.73 Å². The maximum atomic E-state index is 11.1. The predicted octanol–water partition coefficient (Wildman–Crippen LogP) is 0.856. The minimum Gasteiger partial charge on any atom is -0.396 e. The Kier molecular flexibility index (Phi) is 3.42. The van der Waals surface area contributed by atoms with Gasteiger partial charge in [-0.05, 0) is 12.1 Å². The highest BCUT2D eigenvalue weighted by atomic mass is 32.1. The molecule has 2 rings (SSSR count). The van der Waals surface area contributed by atoms with E-state index in [9.17, 15) is 4.79 Å². The molecule has 2 aromatic rings. The maximum Gasteiger partial charge on any atom is 0.267 e. The molecule has 0 radical (unpaired) electrons. The van der Waals surface area contributed by atoms with Crippen LogP contribution in [0.3, 0.4) is 0 Å². The van der Waals surface area contributed by atoms with Crippen LogP contribution >= 0.6 is 11.3 Å². The van der Waals surface area contributed by atoms with Crippen molar-refractivity contribution in [3.63, 3.8) is 0 Å². The lowest BCUT2D eigenvalue weighted by Gasteiger charge is -2.19. The third-order valence-corrected chi connectivity index (χ3v) is 3.04. The third kappa shape index (κ3) is 2.57. The Hall–Kier alpha value is -2.15. The van der Waals surface area contributed by atoms with Gasteiger partial charge in [0, 0.05) is 12.4 Å². The van der Waals surface area contributed by atoms with Gasteiger partial charge in [0.25, 0.3) is 5.91 Å². The Morgan fingerprint density at radius 3 is 2.89 bits per heavy atom. The number of amides is 1. The van der Waals surface area contributed by atoms with Crippen LogP contribution in [0.25, 0.3) is 0 Å². The zero-order valence-electron chi connectivity index (χ0n) is 9.83. The van der Waals surface area contributed by atoms with E-state index in [1.54, 1.807) is 11.6 Å². The van der Waals surface area contributed by atoms with Crippen molar-refractivity contribution in [3.05, 3.63) is 34.4 Å². The number of nitrogens with zero attached hydrogens (tertiary/aromatic N) is 3. The van der Waals surface area contributed by atoms with E-state index >= 15 is 0 Å². The van der Waals surface area contributed by atoms with Crippen LogP contribution in [-0.2, 0) is 6.54 Å². The first-order chi connectivity index (χ1) is 8.58. The topological polar surface area (TPSA) is 98.1 Å². The number of carbonyl (C=O) groups excluding carboxylic acids is 1. The molecule has 0 bridgehead atoms. The second kappa shape index (κ2) is 5.01. The van der Waals surface area contributed by atoms with Crippen LogP contribution in [0.2, 0.25) is 0 Å². The van der Waals surface area contributed by atoms with E-state index in [2.05, 4.69) is 9.97 Å². The van der Waals surface area contributed by atoms with Gasteiger partial charge in [-0.2, -0.15) is 0 Å². The summed E-state index contributed by atoms with van der Waals surface area (Å²) < 4.78 is 0. The number of anilines is 2. The summed E-state index contributed by atoms with van der Waals surface area (Å²) in [5, 5.41) is 1.95. The molecule has 0 atom stereocenters. The van der Waals surface area contributed by atoms with E-state index in [1.165, 1.54) is 17.4 Å². The molecule has 0 saturated heterocycles. The fraction of sp³-hybridized carbons (Fsp3) is 0.182. The molecule has 0 saturated carbocycles. The zero-order valence-corrected chi connectivity index (χ0v) is 10.6. The average molecular weight is 263 g/mol. The third-order valence-electron chi connectivity index (χ3n) is 2.40. The van der Waals surface area contributed by atoms with E-state index < -0.39 is 5.91 Å². The van der Waals surface area contributed by atoms with Crippen molar-refractivity contribution in [3.8, 4) is 0 Å². The van der Waals surface area contributed by atoms with Crippen molar-refractivity contribution < 1.29 is 4.79 Å². The van der Waals surface area contributed by atoms with Crippen molar-refractivity contribution in [2.45, 2.75) is 6.54 Å². The summed E-state index contributed by atoms with van der Waals surface area (Å²) in [7, 11) is 1.84. The fourth-order valence-corrected chi connectivity index (χ4v) is 2.09. The average Bonchev–Trinajstić information content (AvgIpc) is 2.81. The minimum atomic E-state index is -0.571. The first-order valence-electron chi connectivity index (χ1n) is 5.22. The van der Waals surface area contributed by atoms with E-state index in [4.69, 9.17) is 11.5 Å². The lowest BCUT2D eigenvalue weighted by atomic mass is 10.3. The van der Waals surface area contributed by atoms with Gasteiger partial charge in [0.2, 0.25) is 0 Å². The minimum absolute atomic E-state index is 0.198. The summed E-state index contributed by atoms with van der Waals surface area (Å²) in [5.74, 6) is -0.0439. The van der Waals surface area contributed by atoms with Gasteiger partial charge in [0.05, 0.1) is 23.4 Å². The monoisotopic (exact) mass is 263 g/mol. The summed E-state index contributed by atoms with van der Waals surface area (Å²) >= 11 is 1.53. The van der Waals surface area contributed by atoms with Crippen LogP contribution in [0.5, 0.6) is 0 Å². The highest BCUT2D eigenvalue weighted by molar-refractivity contribution is 7.07. The van der Waals surface area contributed by atoms with Crippen LogP contribution in [0, 0.1) is 0 Å². The van der Waals surface area contributed by atoms with Gasteiger partial charge < -0.3 is 16.4 Å². The van der Waals surface area contributed by atoms with E-state index in [1.807, 2.05) is 17.3 Å². The summed E-state index contributed by atoms with van der Waals surface area (Å²) in [4.78, 5) is 21.3. The summed E-state index contributed by atoms with van der Waals surface area (Å²) in [6.07, 6.45) is 0. The summed E-state index contributed by atoms with van der Waals surface area (Å²) in [6.45, 7) is 0.572. The van der Waals surface area contributed by atoms with E-state index in [0.717, 1.165) is 5.69 Å². The molecular weight excluding hydrogens is 250 g/mol. The van der Waals surface area contributed by atoms with Gasteiger partial charge >= 0.3 is 0 Å². The number of aromatic nitrogens is 2. The number of thiazole rings is 1. The van der Waals surface area contributed by atoms with Crippen LogP contribution in [0.1, 0.15) is 16.2 Å². The van der Waals surface area contributed by atoms with Crippen LogP contribution in [0.4, 0.5) is 11.5 Å². The number of carbonyl (C=O) groups is 1. The van der Waals surface area contributed by atoms with Crippen LogP contribution < -0.4 is 16.4 Å². The lowest BCUT2D eigenvalue weighted by molar-refractivity contribution is 0.0995. The van der Waals surface area contributed by atoms with Crippen LogP contribution in [-0.4, -0.2) is 22.9 Å². The molecule has 7 heteroatoms. The highest BCUT2D eigenvalue weighted by Crippen LogP contribution is 2.21. The largest absolute Gasteiger partial charge is 0.396 e. The van der Waals surface area contributed by atoms with Gasteiger partial charge in [-0.3, -0.25) is 4.79 Å². The number of nitrogens with two attached hydrogens (primary N) is 2. The maximum absolute atomic E-state index is 11.1. The molecule has 0 aromatic carbocycles. The zero-order chi connectivity index (χ0) is 13.1. The molecule has 2 aromatic heterocycles. The van der Waals surface area contributed by atoms with Crippen molar-refractivity contribution in [1.29, 1.82) is 0 Å². The summed E-state index contributed by atoms with van der Waals surface area (Å²) in [6, 6.07) is 3.14. The second-order valence-corrected chi connectivity index (χ2v) is 4.53. The first kappa shape index (κ1) is 12.3. The molecule has 18 heavy (non-hydrogen) atoms. The molecule has 0 spiro atoms. The Morgan fingerprint density at radius 2 is 2.28 bits per heavy atom. The standard InChI is InChI=1S/C11H13N5OS/c1-16(4-7-5-18-6-14-7)11-8(12)2-3-9(15-11)10(13)17/h2-3,5-6H,4,12H2,1H3,(H2,13,17). The first-order valence-corrected chi connectivity index (χ1v) is 6.16. The van der Waals surface area contributed by atoms with Gasteiger partial charge in [-0.25, -0.2) is 9.97 Å². The Labute approximate surface area is 108 Å². The molecule has 1 amide bonds. The Morgan fingerprint density at radius 1 is 1.50 bits per heavy atom. The molecule has 0 unspecified atom stereocenters. The number of rotatable bonds is 4. The molecule has 0 aliphatic rings. The van der Waals surface area contributed by atoms with Gasteiger partial charge in [-0.15, -0.1) is 11.3 Å². The van der Waals surface area contributed by atoms with Crippen molar-refractivity contribution in [1.82, 2.24) is 9.97 Å². The number of pyridine rings is 1. The summed E-state index contributed by atoms with van der Waals surface area (Å²) in [5.41, 5.74) is 14.4. The fourth-order valence-electron chi connectivity index (χ4n) is 1.54. The number of nitrogen functional groups attached to an aromatic ring is 1. The smallest absolute Gasteiger partial charge is 0.267 e. The van der Waals surface area contributed by atoms with Crippen molar-refractivity contribution in [2.75, 3.05) is 17.7 Å². The molecule has 2 heterocycles. The highest BCUT2D eigenvalue weighted by Gasteiger charge is 2.12. The van der Waals surface area contributed by atoms with Gasteiger partial charge in [-0.1, -0.05) is 0 Å². The SMILES string of the molecule is CN(Cc1cscn1)c1nc(C(N)=O)ccc1N.